The summed E-state index contributed by atoms with van der Waals surface area (Å²) in [6, 6.07) is 5.96. The van der Waals surface area contributed by atoms with Crippen LogP contribution in [0.2, 0.25) is 0 Å². The maximum absolute atomic E-state index is 5.53. The molecule has 0 saturated carbocycles. The molecule has 1 aromatic carbocycles. The number of amidine groups is 1. The van der Waals surface area contributed by atoms with Gasteiger partial charge in [-0.05, 0) is 36.8 Å². The number of hydrogen-bond donors (Lipinski definition) is 0. The van der Waals surface area contributed by atoms with Gasteiger partial charge in [0.15, 0.2) is 5.84 Å². The molecule has 0 radical (unpaired) electrons. The molecule has 0 saturated heterocycles. The van der Waals surface area contributed by atoms with Crippen LogP contribution in [0.4, 0.5) is 0 Å². The molecule has 1 aromatic heterocycles. The Morgan fingerprint density at radius 1 is 1.25 bits per heavy atom. The first kappa shape index (κ1) is 14.3. The van der Waals surface area contributed by atoms with E-state index in [1.54, 1.807) is 13.4 Å². The Labute approximate surface area is 139 Å². The SMILES string of the molecule is COc1cc(C=C2ON=C3C=CC=CN23)ccc1-n1cnc(C)c1. The normalized spacial score (nSPS) is 17.0. The molecule has 2 aliphatic heterocycles. The summed E-state index contributed by atoms with van der Waals surface area (Å²) in [6.45, 7) is 1.96. The van der Waals surface area contributed by atoms with Gasteiger partial charge in [-0.15, -0.1) is 0 Å². The molecule has 3 heterocycles. The average Bonchev–Trinajstić information content (AvgIpc) is 3.22. The first-order valence-electron chi connectivity index (χ1n) is 7.54. The predicted octanol–water partition coefficient (Wildman–Crippen LogP) is 3.22. The van der Waals surface area contributed by atoms with Crippen molar-refractivity contribution >= 4 is 11.9 Å². The Balaban J connectivity index is 1.67. The summed E-state index contributed by atoms with van der Waals surface area (Å²) in [5, 5.41) is 4.04. The van der Waals surface area contributed by atoms with Gasteiger partial charge in [0.1, 0.15) is 5.75 Å². The van der Waals surface area contributed by atoms with Gasteiger partial charge in [-0.25, -0.2) is 4.98 Å². The van der Waals surface area contributed by atoms with Gasteiger partial charge < -0.3 is 14.1 Å². The van der Waals surface area contributed by atoms with E-state index in [-0.39, 0.29) is 0 Å². The van der Waals surface area contributed by atoms with E-state index in [4.69, 9.17) is 9.57 Å². The van der Waals surface area contributed by atoms with Crippen molar-refractivity contribution in [3.05, 3.63) is 72.3 Å². The van der Waals surface area contributed by atoms with Crippen molar-refractivity contribution in [3.8, 4) is 11.4 Å². The highest BCUT2D eigenvalue weighted by Crippen LogP contribution is 2.28. The standard InChI is InChI=1S/C18H16N4O2/c1-13-11-21(12-19-13)15-7-6-14(9-16(15)23-2)10-18-22-8-4-3-5-17(22)20-24-18/h3-12H,1-2H3. The smallest absolute Gasteiger partial charge is 0.235 e. The first-order chi connectivity index (χ1) is 11.7. The number of nitrogens with zero attached hydrogens (tertiary/aromatic N) is 4. The molecule has 2 aromatic rings. The molecule has 0 N–H and O–H groups in total. The Morgan fingerprint density at radius 3 is 2.96 bits per heavy atom. The van der Waals surface area contributed by atoms with Crippen molar-refractivity contribution in [3.63, 3.8) is 0 Å². The molecule has 4 rings (SSSR count). The molecular formula is C18H16N4O2. The van der Waals surface area contributed by atoms with Crippen LogP contribution in [0, 0.1) is 6.92 Å². The lowest BCUT2D eigenvalue weighted by atomic mass is 10.1. The van der Waals surface area contributed by atoms with E-state index >= 15 is 0 Å². The number of benzene rings is 1. The minimum atomic E-state index is 0.652. The second kappa shape index (κ2) is 5.73. The quantitative estimate of drug-likeness (QED) is 0.871. The van der Waals surface area contributed by atoms with Crippen LogP contribution in [-0.2, 0) is 4.84 Å². The number of methoxy groups -OCH3 is 1. The number of aryl methyl sites for hydroxylation is 1. The third-order valence-electron chi connectivity index (χ3n) is 3.79. The number of fused-ring (bicyclic) bond motifs is 1. The van der Waals surface area contributed by atoms with Crippen molar-refractivity contribution in [1.29, 1.82) is 0 Å². The van der Waals surface area contributed by atoms with Gasteiger partial charge in [0, 0.05) is 18.5 Å². The minimum absolute atomic E-state index is 0.652. The zero-order chi connectivity index (χ0) is 16.5. The highest BCUT2D eigenvalue weighted by molar-refractivity contribution is 5.97. The van der Waals surface area contributed by atoms with Crippen LogP contribution >= 0.6 is 0 Å². The van der Waals surface area contributed by atoms with Crippen LogP contribution in [0.3, 0.4) is 0 Å². The molecule has 0 spiro atoms. The van der Waals surface area contributed by atoms with Crippen molar-refractivity contribution in [2.24, 2.45) is 5.16 Å². The topological polar surface area (TPSA) is 51.9 Å². The van der Waals surface area contributed by atoms with Gasteiger partial charge in [-0.2, -0.15) is 0 Å². The third-order valence-corrected chi connectivity index (χ3v) is 3.79. The molecule has 0 aliphatic carbocycles. The number of allylic oxidation sites excluding steroid dienone is 2. The van der Waals surface area contributed by atoms with E-state index in [1.807, 2.05) is 71.3 Å². The van der Waals surface area contributed by atoms with Crippen molar-refractivity contribution in [2.45, 2.75) is 6.92 Å². The van der Waals surface area contributed by atoms with Crippen molar-refractivity contribution in [2.75, 3.05) is 7.11 Å². The van der Waals surface area contributed by atoms with Crippen molar-refractivity contribution in [1.82, 2.24) is 14.5 Å². The lowest BCUT2D eigenvalue weighted by Gasteiger charge is -2.14. The molecule has 6 heteroatoms. The maximum atomic E-state index is 5.53. The summed E-state index contributed by atoms with van der Waals surface area (Å²) in [5.41, 5.74) is 2.85. The van der Waals surface area contributed by atoms with E-state index in [0.29, 0.717) is 5.88 Å². The fourth-order valence-corrected chi connectivity index (χ4v) is 2.62. The average molecular weight is 320 g/mol. The highest BCUT2D eigenvalue weighted by atomic mass is 16.7. The van der Waals surface area contributed by atoms with Crippen LogP contribution in [0.1, 0.15) is 11.3 Å². The Morgan fingerprint density at radius 2 is 2.17 bits per heavy atom. The van der Waals surface area contributed by atoms with E-state index in [2.05, 4.69) is 10.1 Å². The van der Waals surface area contributed by atoms with Gasteiger partial charge in [-0.1, -0.05) is 17.3 Å². The van der Waals surface area contributed by atoms with E-state index in [0.717, 1.165) is 28.5 Å². The fraction of sp³-hybridized carbons (Fsp3) is 0.111. The van der Waals surface area contributed by atoms with Gasteiger partial charge >= 0.3 is 0 Å². The van der Waals surface area contributed by atoms with E-state index in [9.17, 15) is 0 Å². The number of aromatic nitrogens is 2. The van der Waals surface area contributed by atoms with Crippen molar-refractivity contribution < 1.29 is 9.57 Å². The number of rotatable bonds is 3. The molecule has 6 nitrogen and oxygen atoms in total. The summed E-state index contributed by atoms with van der Waals surface area (Å²) < 4.78 is 7.48. The fourth-order valence-electron chi connectivity index (χ4n) is 2.62. The zero-order valence-corrected chi connectivity index (χ0v) is 13.4. The van der Waals surface area contributed by atoms with Crippen LogP contribution in [0.15, 0.2) is 66.2 Å². The molecule has 0 bridgehead atoms. The maximum Gasteiger partial charge on any atom is 0.235 e. The number of hydrogen-bond acceptors (Lipinski definition) is 5. The molecule has 0 fully saturated rings. The van der Waals surface area contributed by atoms with Gasteiger partial charge in [0.2, 0.25) is 5.88 Å². The Kier molecular flexibility index (Phi) is 3.42. The summed E-state index contributed by atoms with van der Waals surface area (Å²) in [5.74, 6) is 2.18. The highest BCUT2D eigenvalue weighted by Gasteiger charge is 2.22. The summed E-state index contributed by atoms with van der Waals surface area (Å²) in [4.78, 5) is 11.6. The van der Waals surface area contributed by atoms with Gasteiger partial charge in [-0.3, -0.25) is 4.90 Å². The van der Waals surface area contributed by atoms with Crippen LogP contribution in [0.25, 0.3) is 11.8 Å². The number of ether oxygens (including phenoxy) is 1. The Bertz CT molecular complexity index is 905. The summed E-state index contributed by atoms with van der Waals surface area (Å²) in [6.07, 6.45) is 13.3. The monoisotopic (exact) mass is 320 g/mol. The zero-order valence-electron chi connectivity index (χ0n) is 13.4. The Hall–Kier alpha value is -3.28. The molecule has 0 atom stereocenters. The molecule has 2 aliphatic rings. The molecule has 120 valence electrons. The van der Waals surface area contributed by atoms with Crippen LogP contribution in [0.5, 0.6) is 5.75 Å². The number of imidazole rings is 1. The molecule has 24 heavy (non-hydrogen) atoms. The largest absolute Gasteiger partial charge is 0.495 e. The summed E-state index contributed by atoms with van der Waals surface area (Å²) >= 11 is 0. The van der Waals surface area contributed by atoms with Crippen LogP contribution in [-0.4, -0.2) is 27.4 Å². The number of oxime groups is 1. The molecule has 0 unspecified atom stereocenters. The second-order valence-electron chi connectivity index (χ2n) is 5.45. The molecular weight excluding hydrogens is 304 g/mol. The third kappa shape index (κ3) is 2.48. The molecule has 0 amide bonds. The van der Waals surface area contributed by atoms with E-state index in [1.165, 1.54) is 0 Å². The van der Waals surface area contributed by atoms with Gasteiger partial charge in [0.25, 0.3) is 0 Å². The van der Waals surface area contributed by atoms with Gasteiger partial charge in [0.05, 0.1) is 24.8 Å². The lowest BCUT2D eigenvalue weighted by molar-refractivity contribution is 0.216. The second-order valence-corrected chi connectivity index (χ2v) is 5.45. The predicted molar refractivity (Wildman–Crippen MR) is 91.5 cm³/mol. The lowest BCUT2D eigenvalue weighted by Crippen LogP contribution is -2.19. The minimum Gasteiger partial charge on any atom is -0.495 e. The van der Waals surface area contributed by atoms with Crippen LogP contribution < -0.4 is 4.74 Å². The summed E-state index contributed by atoms with van der Waals surface area (Å²) in [7, 11) is 1.66. The van der Waals surface area contributed by atoms with E-state index < -0.39 is 0 Å². The first-order valence-corrected chi connectivity index (χ1v) is 7.54.